The van der Waals surface area contributed by atoms with Gasteiger partial charge in [0.15, 0.2) is 0 Å². The minimum absolute atomic E-state index is 0.0486. The lowest BCUT2D eigenvalue weighted by atomic mass is 9.46. The van der Waals surface area contributed by atoms with Gasteiger partial charge in [0.1, 0.15) is 5.82 Å². The first-order valence-electron chi connectivity index (χ1n) is 12.0. The Hall–Kier alpha value is -2.37. The summed E-state index contributed by atoms with van der Waals surface area (Å²) in [6, 6.07) is 8.15. The molecule has 5 atom stereocenters. The number of rotatable bonds is 3. The molecule has 1 aliphatic heterocycles. The van der Waals surface area contributed by atoms with Gasteiger partial charge in [0.05, 0.1) is 16.4 Å². The second-order valence-electron chi connectivity index (χ2n) is 10.9. The number of aromatic nitrogens is 2. The van der Waals surface area contributed by atoms with Gasteiger partial charge in [0.25, 0.3) is 0 Å². The Bertz CT molecular complexity index is 996. The number of aromatic amines is 1. The molecule has 6 heteroatoms. The van der Waals surface area contributed by atoms with Crippen LogP contribution in [0.3, 0.4) is 0 Å². The van der Waals surface area contributed by atoms with Crippen molar-refractivity contribution in [2.24, 2.45) is 17.3 Å². The molecule has 2 amide bonds. The number of nitrogens with zero attached hydrogens (tertiary/aromatic N) is 2. The normalized spacial score (nSPS) is 36.7. The molecule has 1 aromatic heterocycles. The number of hydrogen-bond acceptors (Lipinski definition) is 3. The second kappa shape index (κ2) is 6.81. The van der Waals surface area contributed by atoms with E-state index in [-0.39, 0.29) is 22.8 Å². The summed E-state index contributed by atoms with van der Waals surface area (Å²) in [5.41, 5.74) is 1.64. The fraction of sp³-hybridized carbons (Fsp3) is 0.640. The van der Waals surface area contributed by atoms with Crippen molar-refractivity contribution in [2.45, 2.75) is 69.7 Å². The average molecular weight is 421 g/mol. The summed E-state index contributed by atoms with van der Waals surface area (Å²) >= 11 is 0. The van der Waals surface area contributed by atoms with E-state index in [0.717, 1.165) is 74.9 Å². The summed E-state index contributed by atoms with van der Waals surface area (Å²) in [5.74, 6) is 2.83. The van der Waals surface area contributed by atoms with Crippen LogP contribution in [0.2, 0.25) is 0 Å². The van der Waals surface area contributed by atoms with Crippen molar-refractivity contribution in [3.8, 4) is 0 Å². The van der Waals surface area contributed by atoms with Gasteiger partial charge in [-0.25, -0.2) is 4.98 Å². The van der Waals surface area contributed by atoms with Crippen molar-refractivity contribution < 1.29 is 9.59 Å². The summed E-state index contributed by atoms with van der Waals surface area (Å²) in [5, 5.41) is 3.29. The number of hydrogen-bond donors (Lipinski definition) is 2. The molecule has 4 aliphatic carbocycles. The number of amides is 2. The predicted octanol–water partition coefficient (Wildman–Crippen LogP) is 3.74. The van der Waals surface area contributed by atoms with Gasteiger partial charge in [-0.1, -0.05) is 12.1 Å². The number of carbonyl (C=O) groups excluding carboxylic acids is 2. The Morgan fingerprint density at radius 3 is 2.68 bits per heavy atom. The van der Waals surface area contributed by atoms with Crippen molar-refractivity contribution in [3.63, 3.8) is 0 Å². The third-order valence-electron chi connectivity index (χ3n) is 8.46. The molecule has 1 saturated heterocycles. The summed E-state index contributed by atoms with van der Waals surface area (Å²) in [6.07, 6.45) is 8.28. The number of para-hydroxylation sites is 2. The minimum atomic E-state index is -0.275. The molecule has 6 nitrogen and oxygen atoms in total. The predicted molar refractivity (Wildman–Crippen MR) is 118 cm³/mol. The third kappa shape index (κ3) is 3.17. The van der Waals surface area contributed by atoms with Crippen molar-refractivity contribution in [3.05, 3.63) is 30.1 Å². The summed E-state index contributed by atoms with van der Waals surface area (Å²) < 4.78 is 0. The van der Waals surface area contributed by atoms with Crippen LogP contribution in [0.5, 0.6) is 0 Å². The Morgan fingerprint density at radius 2 is 1.94 bits per heavy atom. The van der Waals surface area contributed by atoms with E-state index in [9.17, 15) is 9.59 Å². The SMILES string of the molecule is CC(=O)NC12C[C@H]3C[C@@H](C1)CC(C(=O)N1CCC[C@H](c4nc5ccccc5[nH]4)C1)(C3)C2. The number of imidazole rings is 1. The Labute approximate surface area is 183 Å². The van der Waals surface area contributed by atoms with E-state index in [1.165, 1.54) is 6.42 Å². The van der Waals surface area contributed by atoms with Gasteiger partial charge in [-0.3, -0.25) is 9.59 Å². The zero-order valence-corrected chi connectivity index (χ0v) is 18.3. The minimum Gasteiger partial charge on any atom is -0.351 e. The molecule has 1 aromatic carbocycles. The van der Waals surface area contributed by atoms with Crippen molar-refractivity contribution in [1.29, 1.82) is 0 Å². The molecule has 2 aromatic rings. The van der Waals surface area contributed by atoms with Crippen LogP contribution in [-0.2, 0) is 9.59 Å². The molecular weight excluding hydrogens is 388 g/mol. The largest absolute Gasteiger partial charge is 0.351 e. The highest BCUT2D eigenvalue weighted by Gasteiger charge is 2.61. The molecule has 2 unspecified atom stereocenters. The number of likely N-dealkylation sites (tertiary alicyclic amines) is 1. The lowest BCUT2D eigenvalue weighted by Gasteiger charge is -2.62. The van der Waals surface area contributed by atoms with E-state index >= 15 is 0 Å². The van der Waals surface area contributed by atoms with Crippen LogP contribution in [-0.4, -0.2) is 45.3 Å². The first-order chi connectivity index (χ1) is 14.9. The van der Waals surface area contributed by atoms with Crippen molar-refractivity contribution in [1.82, 2.24) is 20.2 Å². The number of H-pyrrole nitrogens is 1. The van der Waals surface area contributed by atoms with E-state index in [1.54, 1.807) is 6.92 Å². The molecule has 7 rings (SSSR count). The monoisotopic (exact) mass is 420 g/mol. The zero-order chi connectivity index (χ0) is 21.2. The van der Waals surface area contributed by atoms with Crippen molar-refractivity contribution >= 4 is 22.8 Å². The maximum atomic E-state index is 14.0. The van der Waals surface area contributed by atoms with Crippen molar-refractivity contribution in [2.75, 3.05) is 13.1 Å². The summed E-state index contributed by atoms with van der Waals surface area (Å²) in [6.45, 7) is 3.22. The van der Waals surface area contributed by atoms with E-state index in [1.807, 2.05) is 18.2 Å². The number of piperidine rings is 1. The van der Waals surface area contributed by atoms with Crippen LogP contribution in [0.15, 0.2) is 24.3 Å². The third-order valence-corrected chi connectivity index (χ3v) is 8.46. The zero-order valence-electron chi connectivity index (χ0n) is 18.3. The first kappa shape index (κ1) is 19.3. The highest BCUT2D eigenvalue weighted by atomic mass is 16.2. The molecular formula is C25H32N4O2. The Morgan fingerprint density at radius 1 is 1.16 bits per heavy atom. The number of nitrogens with one attached hydrogen (secondary N) is 2. The van der Waals surface area contributed by atoms with Gasteiger partial charge in [0, 0.05) is 31.5 Å². The van der Waals surface area contributed by atoms with Gasteiger partial charge in [-0.2, -0.15) is 0 Å². The van der Waals surface area contributed by atoms with E-state index < -0.39 is 0 Å². The summed E-state index contributed by atoms with van der Waals surface area (Å²) in [7, 11) is 0. The fourth-order valence-electron chi connectivity index (χ4n) is 7.92. The van der Waals surface area contributed by atoms with Gasteiger partial charge in [-0.05, 0) is 75.3 Å². The standard InChI is InChI=1S/C25H32N4O2/c1-16(30)28-25-12-17-9-18(13-25)11-24(10-17,15-25)23(31)29-8-4-5-19(14-29)22-26-20-6-2-3-7-21(20)27-22/h2-3,6-7,17-19H,4-5,8-15H2,1H3,(H,26,27)(H,28,30)/t17-,18+,19-,24?,25?/m0/s1. The highest BCUT2D eigenvalue weighted by molar-refractivity contribution is 5.84. The lowest BCUT2D eigenvalue weighted by Crippen LogP contribution is -2.66. The van der Waals surface area contributed by atoms with Crippen LogP contribution in [0.1, 0.15) is 70.0 Å². The molecule has 0 spiro atoms. The first-order valence-corrected chi connectivity index (χ1v) is 12.0. The molecule has 4 saturated carbocycles. The van der Waals surface area contributed by atoms with Crippen LogP contribution >= 0.6 is 0 Å². The molecule has 5 aliphatic rings. The average Bonchev–Trinajstić information content (AvgIpc) is 3.16. The summed E-state index contributed by atoms with van der Waals surface area (Å²) in [4.78, 5) is 36.4. The van der Waals surface area contributed by atoms with Gasteiger partial charge in [-0.15, -0.1) is 0 Å². The Kier molecular flexibility index (Phi) is 4.25. The van der Waals surface area contributed by atoms with Crippen LogP contribution < -0.4 is 5.32 Å². The molecule has 5 fully saturated rings. The van der Waals surface area contributed by atoms with Crippen LogP contribution in [0.4, 0.5) is 0 Å². The van der Waals surface area contributed by atoms with E-state index in [2.05, 4.69) is 21.3 Å². The Balaban J connectivity index is 1.25. The van der Waals surface area contributed by atoms with Crippen LogP contribution in [0.25, 0.3) is 11.0 Å². The smallest absolute Gasteiger partial charge is 0.228 e. The lowest BCUT2D eigenvalue weighted by molar-refractivity contribution is -0.164. The van der Waals surface area contributed by atoms with E-state index in [0.29, 0.717) is 17.7 Å². The second-order valence-corrected chi connectivity index (χ2v) is 10.9. The van der Waals surface area contributed by atoms with Crippen LogP contribution in [0, 0.1) is 17.3 Å². The molecule has 0 radical (unpaired) electrons. The quantitative estimate of drug-likeness (QED) is 0.794. The molecule has 2 N–H and O–H groups in total. The number of benzene rings is 1. The maximum Gasteiger partial charge on any atom is 0.228 e. The molecule has 31 heavy (non-hydrogen) atoms. The molecule has 4 bridgehead atoms. The maximum absolute atomic E-state index is 14.0. The topological polar surface area (TPSA) is 78.1 Å². The molecule has 164 valence electrons. The fourth-order valence-corrected chi connectivity index (χ4v) is 7.92. The van der Waals surface area contributed by atoms with Gasteiger partial charge >= 0.3 is 0 Å². The molecule has 2 heterocycles. The highest BCUT2D eigenvalue weighted by Crippen LogP contribution is 2.62. The van der Waals surface area contributed by atoms with Gasteiger partial charge in [0.2, 0.25) is 11.8 Å². The number of fused-ring (bicyclic) bond motifs is 1. The number of carbonyl (C=O) groups is 2. The van der Waals surface area contributed by atoms with Gasteiger partial charge < -0.3 is 15.2 Å². The van der Waals surface area contributed by atoms with E-state index in [4.69, 9.17) is 4.98 Å².